The summed E-state index contributed by atoms with van der Waals surface area (Å²) in [4.78, 5) is 46.9. The Morgan fingerprint density at radius 2 is 1.80 bits per heavy atom. The summed E-state index contributed by atoms with van der Waals surface area (Å²) < 4.78 is 0. The van der Waals surface area contributed by atoms with Crippen molar-refractivity contribution in [3.63, 3.8) is 0 Å². The standard InChI is InChI=1S/C25H34N6O4.C13H23N.C2H6/c1-15-14-27-22(16(2)23(15)25(34)31(26)10-6-9-30(4)5)13-21-18-7-8-20(35-29-17(3)32)12-19(11-18)28-24(21)33;1-5-8-10-13(7-3)12-14(4)11-9-6-2;1-2/h7-8,12-13,27H,6,9-11,14,26H2,1-5H3,(H,28,33)(H,29,32);5,7-8,10H,1,6,9,11-12H2,2-4H3;1-2H3/b21-13-;10-8-,13-7+;. The number of nitrogens with one attached hydrogen (secondary N) is 3. The number of hydroxylamine groups is 1. The van der Waals surface area contributed by atoms with Gasteiger partial charge in [-0.25, -0.2) is 5.84 Å². The van der Waals surface area contributed by atoms with Crippen molar-refractivity contribution >= 4 is 17.7 Å². The lowest BCUT2D eigenvalue weighted by molar-refractivity contribution is -0.128. The van der Waals surface area contributed by atoms with Crippen molar-refractivity contribution in [3.05, 3.63) is 106 Å². The lowest BCUT2D eigenvalue weighted by atomic mass is 9.91. The SMILES string of the molecule is C=C/C=C\C(=C/C)CN(C)CCCC.CC.CC(=O)NOC1=CC=C2CC(=C1)NC(=O)/C2=C\C1=C(C)C(C(=O)N(N)CCCN(C)C)=C(C)CN1. The lowest BCUT2D eigenvalue weighted by Crippen LogP contribution is -2.42. The molecule has 51 heavy (non-hydrogen) atoms. The highest BCUT2D eigenvalue weighted by molar-refractivity contribution is 6.02. The van der Waals surface area contributed by atoms with Crippen LogP contribution in [0.4, 0.5) is 0 Å². The van der Waals surface area contributed by atoms with Crippen molar-refractivity contribution in [1.29, 1.82) is 0 Å². The van der Waals surface area contributed by atoms with Crippen LogP contribution < -0.4 is 22.0 Å². The predicted molar refractivity (Wildman–Crippen MR) is 209 cm³/mol. The first-order valence-electron chi connectivity index (χ1n) is 17.9. The lowest BCUT2D eigenvalue weighted by Gasteiger charge is -2.27. The number of hydrogen-bond donors (Lipinski definition) is 4. The molecular formula is C40H63N7O4. The minimum atomic E-state index is -0.331. The number of fused-ring (bicyclic) bond motifs is 2. The molecule has 5 N–H and O–H groups in total. The molecule has 0 unspecified atom stereocenters. The molecule has 1 aliphatic carbocycles. The molecule has 2 bridgehead atoms. The summed E-state index contributed by atoms with van der Waals surface area (Å²) in [5.74, 6) is 5.69. The van der Waals surface area contributed by atoms with Gasteiger partial charge in [-0.2, -0.15) is 5.48 Å². The maximum absolute atomic E-state index is 13.2. The highest BCUT2D eigenvalue weighted by Crippen LogP contribution is 2.31. The second-order valence-electron chi connectivity index (χ2n) is 12.6. The number of carbonyl (C=O) groups excluding carboxylic acids is 3. The number of carbonyl (C=O) groups is 3. The summed E-state index contributed by atoms with van der Waals surface area (Å²) >= 11 is 0. The van der Waals surface area contributed by atoms with Crippen molar-refractivity contribution in [1.82, 2.24) is 30.9 Å². The fourth-order valence-electron chi connectivity index (χ4n) is 5.30. The fraction of sp³-hybridized carbons (Fsp3) is 0.475. The Kier molecular flexibility index (Phi) is 20.9. The van der Waals surface area contributed by atoms with Crippen LogP contribution >= 0.6 is 0 Å². The number of hydrogen-bond acceptors (Lipinski definition) is 8. The summed E-state index contributed by atoms with van der Waals surface area (Å²) in [5, 5.41) is 7.45. The highest BCUT2D eigenvalue weighted by atomic mass is 16.7. The van der Waals surface area contributed by atoms with E-state index in [4.69, 9.17) is 10.7 Å². The van der Waals surface area contributed by atoms with Crippen LogP contribution in [0.2, 0.25) is 0 Å². The third-order valence-corrected chi connectivity index (χ3v) is 8.00. The van der Waals surface area contributed by atoms with E-state index in [1.165, 1.54) is 36.9 Å². The van der Waals surface area contributed by atoms with Crippen LogP contribution in [0.5, 0.6) is 0 Å². The number of likely N-dealkylation sites (N-methyl/N-ethyl adjacent to an activating group) is 1. The van der Waals surface area contributed by atoms with Gasteiger partial charge in [0.2, 0.25) is 5.91 Å². The third-order valence-electron chi connectivity index (χ3n) is 8.00. The molecule has 0 atom stereocenters. The van der Waals surface area contributed by atoms with Gasteiger partial charge in [-0.15, -0.1) is 0 Å². The van der Waals surface area contributed by atoms with E-state index >= 15 is 0 Å². The Bertz CT molecular complexity index is 1470. The zero-order valence-corrected chi connectivity index (χ0v) is 32.7. The minimum Gasteiger partial charge on any atom is -0.381 e. The zero-order chi connectivity index (χ0) is 38.5. The quantitative estimate of drug-likeness (QED) is 0.0579. The molecule has 0 aromatic carbocycles. The molecule has 1 fully saturated rings. The van der Waals surface area contributed by atoms with Gasteiger partial charge >= 0.3 is 0 Å². The molecule has 1 saturated heterocycles. The number of hydrazine groups is 1. The number of unbranched alkanes of at least 4 members (excludes halogenated alkanes) is 1. The largest absolute Gasteiger partial charge is 0.381 e. The number of nitrogens with two attached hydrogens (primary N) is 1. The van der Waals surface area contributed by atoms with Crippen LogP contribution in [-0.4, -0.2) is 86.4 Å². The molecule has 11 nitrogen and oxygen atoms in total. The van der Waals surface area contributed by atoms with Crippen molar-refractivity contribution in [3.8, 4) is 0 Å². The van der Waals surface area contributed by atoms with Gasteiger partial charge in [0.15, 0.2) is 5.76 Å². The van der Waals surface area contributed by atoms with Crippen LogP contribution in [0.15, 0.2) is 106 Å². The number of rotatable bonds is 15. The molecule has 3 amide bonds. The second kappa shape index (κ2) is 23.9. The topological polar surface area (TPSA) is 132 Å². The molecule has 0 aromatic rings. The summed E-state index contributed by atoms with van der Waals surface area (Å²) in [6, 6.07) is 0. The van der Waals surface area contributed by atoms with Gasteiger partial charge in [0.25, 0.3) is 11.8 Å². The molecule has 282 valence electrons. The van der Waals surface area contributed by atoms with E-state index in [1.807, 2.05) is 58.8 Å². The Morgan fingerprint density at radius 3 is 2.41 bits per heavy atom. The van der Waals surface area contributed by atoms with E-state index in [1.54, 1.807) is 24.3 Å². The maximum Gasteiger partial charge on any atom is 0.268 e. The first kappa shape index (κ1) is 44.6. The molecule has 11 heteroatoms. The summed E-state index contributed by atoms with van der Waals surface area (Å²) in [7, 11) is 6.12. The van der Waals surface area contributed by atoms with Gasteiger partial charge in [-0.1, -0.05) is 64.2 Å². The number of dihydropyridines is 1. The number of allylic oxidation sites excluding steroid dienone is 8. The fourth-order valence-corrected chi connectivity index (χ4v) is 5.30. The molecular weight excluding hydrogens is 642 g/mol. The van der Waals surface area contributed by atoms with E-state index in [0.29, 0.717) is 47.8 Å². The monoisotopic (exact) mass is 705 g/mol. The summed E-state index contributed by atoms with van der Waals surface area (Å²) in [5.41, 5.74) is 8.49. The Balaban J connectivity index is 0.000000684. The van der Waals surface area contributed by atoms with Gasteiger partial charge in [0.1, 0.15) is 0 Å². The third kappa shape index (κ3) is 15.5. The van der Waals surface area contributed by atoms with Gasteiger partial charge in [0.05, 0.1) is 0 Å². The van der Waals surface area contributed by atoms with E-state index < -0.39 is 0 Å². The van der Waals surface area contributed by atoms with Gasteiger partial charge in [-0.3, -0.25) is 19.4 Å². The number of piperidine rings is 1. The van der Waals surface area contributed by atoms with E-state index in [0.717, 1.165) is 36.2 Å². The van der Waals surface area contributed by atoms with Crippen molar-refractivity contribution in [2.75, 3.05) is 53.9 Å². The molecule has 0 spiro atoms. The smallest absolute Gasteiger partial charge is 0.268 e. The van der Waals surface area contributed by atoms with E-state index in [9.17, 15) is 14.4 Å². The number of amides is 3. The number of nitrogens with zero attached hydrogens (tertiary/aromatic N) is 3. The molecule has 2 heterocycles. The second-order valence-corrected chi connectivity index (χ2v) is 12.6. The highest BCUT2D eigenvalue weighted by Gasteiger charge is 2.28. The van der Waals surface area contributed by atoms with Crippen LogP contribution in [0, 0.1) is 0 Å². The molecule has 3 rings (SSSR count). The van der Waals surface area contributed by atoms with Crippen LogP contribution in [0.25, 0.3) is 0 Å². The first-order chi connectivity index (χ1) is 24.3. The maximum atomic E-state index is 13.2. The van der Waals surface area contributed by atoms with Crippen LogP contribution in [0.3, 0.4) is 0 Å². The average Bonchev–Trinajstić information content (AvgIpc) is 3.27. The predicted octanol–water partition coefficient (Wildman–Crippen LogP) is 5.49. The Hall–Kier alpha value is -4.45. The average molecular weight is 706 g/mol. The Labute approximate surface area is 307 Å². The van der Waals surface area contributed by atoms with Crippen LogP contribution in [-0.2, 0) is 19.2 Å². The molecule has 0 radical (unpaired) electrons. The Morgan fingerprint density at radius 1 is 1.10 bits per heavy atom. The zero-order valence-electron chi connectivity index (χ0n) is 32.7. The molecule has 0 aromatic heterocycles. The van der Waals surface area contributed by atoms with Crippen molar-refractivity contribution in [2.45, 2.75) is 74.1 Å². The van der Waals surface area contributed by atoms with Gasteiger partial charge in [0, 0.05) is 61.6 Å². The minimum absolute atomic E-state index is 0.231. The van der Waals surface area contributed by atoms with Crippen LogP contribution in [0.1, 0.15) is 74.1 Å². The van der Waals surface area contributed by atoms with Crippen molar-refractivity contribution < 1.29 is 19.2 Å². The van der Waals surface area contributed by atoms with Gasteiger partial charge in [-0.05, 0) is 102 Å². The van der Waals surface area contributed by atoms with Gasteiger partial charge < -0.3 is 25.3 Å². The summed E-state index contributed by atoms with van der Waals surface area (Å²) in [6.45, 7) is 21.0. The first-order valence-corrected chi connectivity index (χ1v) is 17.9. The normalized spacial score (nSPS) is 16.6. The molecule has 2 aliphatic heterocycles. The van der Waals surface area contributed by atoms with E-state index in [2.05, 4.69) is 60.6 Å². The molecule has 0 saturated carbocycles. The molecule has 3 aliphatic rings. The van der Waals surface area contributed by atoms with E-state index in [-0.39, 0.29) is 17.7 Å². The van der Waals surface area contributed by atoms with Crippen molar-refractivity contribution in [2.24, 2.45) is 5.84 Å². The summed E-state index contributed by atoms with van der Waals surface area (Å²) in [6.07, 6.45) is 18.8.